The molecule has 0 amide bonds. The van der Waals surface area contributed by atoms with Gasteiger partial charge in [-0.05, 0) is 31.2 Å². The van der Waals surface area contributed by atoms with Gasteiger partial charge in [-0.15, -0.1) is 0 Å². The van der Waals surface area contributed by atoms with Crippen molar-refractivity contribution in [1.82, 2.24) is 4.72 Å². The fourth-order valence-corrected chi connectivity index (χ4v) is 2.87. The Balaban J connectivity index is 1.68. The predicted molar refractivity (Wildman–Crippen MR) is 78.6 cm³/mol. The molecule has 1 aromatic carbocycles. The van der Waals surface area contributed by atoms with Gasteiger partial charge >= 0.3 is 0 Å². The van der Waals surface area contributed by atoms with Crippen LogP contribution in [0.1, 0.15) is 13.3 Å². The van der Waals surface area contributed by atoms with Crippen molar-refractivity contribution in [2.45, 2.75) is 19.1 Å². The van der Waals surface area contributed by atoms with Gasteiger partial charge in [-0.1, -0.05) is 0 Å². The van der Waals surface area contributed by atoms with Crippen molar-refractivity contribution < 1.29 is 27.0 Å². The van der Waals surface area contributed by atoms with Crippen LogP contribution in [0, 0.1) is 5.82 Å². The first-order valence-corrected chi connectivity index (χ1v) is 8.67. The summed E-state index contributed by atoms with van der Waals surface area (Å²) in [5, 5.41) is 0. The van der Waals surface area contributed by atoms with Crippen LogP contribution in [0.25, 0.3) is 0 Å². The number of hydrogen-bond donors (Lipinski definition) is 1. The third kappa shape index (κ3) is 5.53. The monoisotopic (exact) mass is 333 g/mol. The minimum atomic E-state index is -3.44. The Morgan fingerprint density at radius 1 is 1.27 bits per heavy atom. The second-order valence-corrected chi connectivity index (χ2v) is 7.02. The lowest BCUT2D eigenvalue weighted by atomic mass is 10.2. The number of hydrogen-bond acceptors (Lipinski definition) is 5. The molecule has 0 unspecified atom stereocenters. The number of ether oxygens (including phenoxy) is 3. The number of benzene rings is 1. The van der Waals surface area contributed by atoms with E-state index >= 15 is 0 Å². The van der Waals surface area contributed by atoms with E-state index in [0.29, 0.717) is 25.4 Å². The summed E-state index contributed by atoms with van der Waals surface area (Å²) in [5.74, 6) is -0.834. The summed E-state index contributed by atoms with van der Waals surface area (Å²) in [6.45, 7) is 3.05. The van der Waals surface area contributed by atoms with Gasteiger partial charge in [0.05, 0.1) is 19.0 Å². The van der Waals surface area contributed by atoms with Crippen molar-refractivity contribution in [3.8, 4) is 5.75 Å². The quantitative estimate of drug-likeness (QED) is 0.776. The number of sulfonamides is 1. The number of nitrogens with one attached hydrogen (secondary N) is 1. The average molecular weight is 333 g/mol. The molecule has 0 saturated carbocycles. The summed E-state index contributed by atoms with van der Waals surface area (Å²) in [7, 11) is -3.44. The highest BCUT2D eigenvalue weighted by Gasteiger charge is 2.30. The smallest absolute Gasteiger partial charge is 0.214 e. The second kappa shape index (κ2) is 7.36. The van der Waals surface area contributed by atoms with Gasteiger partial charge in [-0.2, -0.15) is 0 Å². The molecule has 1 saturated heterocycles. The molecule has 0 atom stereocenters. The molecule has 6 nitrogen and oxygen atoms in total. The van der Waals surface area contributed by atoms with Gasteiger partial charge in [-0.25, -0.2) is 17.5 Å². The van der Waals surface area contributed by atoms with Crippen LogP contribution in [0.2, 0.25) is 0 Å². The van der Waals surface area contributed by atoms with E-state index in [2.05, 4.69) is 4.72 Å². The molecule has 1 fully saturated rings. The van der Waals surface area contributed by atoms with Crippen LogP contribution in [0.4, 0.5) is 4.39 Å². The fourth-order valence-electron chi connectivity index (χ4n) is 2.01. The predicted octanol–water partition coefficient (Wildman–Crippen LogP) is 1.28. The summed E-state index contributed by atoms with van der Waals surface area (Å²) < 4.78 is 54.9. The Bertz CT molecular complexity index is 569. The SMILES string of the molecule is CC1(CCNS(=O)(=O)CCOc2ccc(F)cc2)OCCO1. The van der Waals surface area contributed by atoms with E-state index in [9.17, 15) is 12.8 Å². The molecule has 8 heteroatoms. The highest BCUT2D eigenvalue weighted by Crippen LogP contribution is 2.21. The van der Waals surface area contributed by atoms with E-state index in [1.807, 2.05) is 0 Å². The van der Waals surface area contributed by atoms with E-state index in [-0.39, 0.29) is 24.7 Å². The van der Waals surface area contributed by atoms with Crippen LogP contribution in [0.15, 0.2) is 24.3 Å². The van der Waals surface area contributed by atoms with Crippen LogP contribution in [-0.4, -0.2) is 46.3 Å². The van der Waals surface area contributed by atoms with Crippen molar-refractivity contribution in [2.75, 3.05) is 32.1 Å². The molecule has 0 radical (unpaired) electrons. The third-order valence-electron chi connectivity index (χ3n) is 3.23. The summed E-state index contributed by atoms with van der Waals surface area (Å²) in [6.07, 6.45) is 0.436. The Labute approximate surface area is 129 Å². The van der Waals surface area contributed by atoms with Crippen LogP contribution in [-0.2, 0) is 19.5 Å². The molecule has 124 valence electrons. The standard InChI is InChI=1S/C14H20FNO5S/c1-14(20-8-9-21-14)6-7-16-22(17,18)11-10-19-13-4-2-12(15)3-5-13/h2-5,16H,6-11H2,1H3. The van der Waals surface area contributed by atoms with Crippen LogP contribution >= 0.6 is 0 Å². The topological polar surface area (TPSA) is 73.9 Å². The highest BCUT2D eigenvalue weighted by atomic mass is 32.2. The molecule has 1 N–H and O–H groups in total. The van der Waals surface area contributed by atoms with Crippen LogP contribution < -0.4 is 9.46 Å². The maximum atomic E-state index is 12.7. The summed E-state index contributed by atoms with van der Waals surface area (Å²) in [4.78, 5) is 0. The molecule has 1 aliphatic heterocycles. The van der Waals surface area contributed by atoms with E-state index in [1.54, 1.807) is 6.92 Å². The summed E-state index contributed by atoms with van der Waals surface area (Å²) in [5.41, 5.74) is 0. The largest absolute Gasteiger partial charge is 0.492 e. The zero-order valence-electron chi connectivity index (χ0n) is 12.4. The normalized spacial score (nSPS) is 17.5. The lowest BCUT2D eigenvalue weighted by Gasteiger charge is -2.22. The first kappa shape index (κ1) is 17.1. The minimum absolute atomic E-state index is 0.00870. The first-order chi connectivity index (χ1) is 10.4. The van der Waals surface area contributed by atoms with Crippen LogP contribution in [0.3, 0.4) is 0 Å². The maximum Gasteiger partial charge on any atom is 0.214 e. The summed E-state index contributed by atoms with van der Waals surface area (Å²) >= 11 is 0. The zero-order chi connectivity index (χ0) is 16.1. The number of halogens is 1. The van der Waals surface area contributed by atoms with E-state index in [0.717, 1.165) is 0 Å². The van der Waals surface area contributed by atoms with Crippen LogP contribution in [0.5, 0.6) is 5.75 Å². The molecule has 0 aliphatic carbocycles. The van der Waals surface area contributed by atoms with Gasteiger partial charge in [0.1, 0.15) is 18.2 Å². The van der Waals surface area contributed by atoms with Gasteiger partial charge in [0, 0.05) is 13.0 Å². The third-order valence-corrected chi connectivity index (χ3v) is 4.58. The Morgan fingerprint density at radius 2 is 1.91 bits per heavy atom. The summed E-state index contributed by atoms with van der Waals surface area (Å²) in [6, 6.07) is 5.41. The number of rotatable bonds is 8. The van der Waals surface area contributed by atoms with E-state index < -0.39 is 15.8 Å². The molecule has 1 aromatic rings. The maximum absolute atomic E-state index is 12.7. The van der Waals surface area contributed by atoms with Crippen molar-refractivity contribution >= 4 is 10.0 Å². The molecule has 22 heavy (non-hydrogen) atoms. The van der Waals surface area contributed by atoms with Crippen molar-refractivity contribution in [2.24, 2.45) is 0 Å². The molecule has 0 spiro atoms. The zero-order valence-corrected chi connectivity index (χ0v) is 13.2. The van der Waals surface area contributed by atoms with Gasteiger partial charge in [0.2, 0.25) is 10.0 Å². The van der Waals surface area contributed by atoms with Gasteiger partial charge in [0.15, 0.2) is 5.79 Å². The molecular weight excluding hydrogens is 313 g/mol. The van der Waals surface area contributed by atoms with Gasteiger partial charge in [0.25, 0.3) is 0 Å². The lowest BCUT2D eigenvalue weighted by molar-refractivity contribution is -0.145. The average Bonchev–Trinajstić information content (AvgIpc) is 2.87. The molecule has 1 heterocycles. The second-order valence-electron chi connectivity index (χ2n) is 5.10. The fraction of sp³-hybridized carbons (Fsp3) is 0.571. The Kier molecular flexibility index (Phi) is 5.74. The lowest BCUT2D eigenvalue weighted by Crippen LogP contribution is -2.35. The molecule has 0 aromatic heterocycles. The van der Waals surface area contributed by atoms with E-state index in [4.69, 9.17) is 14.2 Å². The van der Waals surface area contributed by atoms with E-state index in [1.165, 1.54) is 24.3 Å². The van der Waals surface area contributed by atoms with Gasteiger partial charge in [-0.3, -0.25) is 0 Å². The Hall–Kier alpha value is -1.22. The van der Waals surface area contributed by atoms with Crippen molar-refractivity contribution in [3.63, 3.8) is 0 Å². The molecule has 0 bridgehead atoms. The first-order valence-electron chi connectivity index (χ1n) is 7.02. The van der Waals surface area contributed by atoms with Gasteiger partial charge < -0.3 is 14.2 Å². The molecule has 2 rings (SSSR count). The molecule has 1 aliphatic rings. The Morgan fingerprint density at radius 3 is 2.55 bits per heavy atom. The van der Waals surface area contributed by atoms with Crippen molar-refractivity contribution in [3.05, 3.63) is 30.1 Å². The molecular formula is C14H20FNO5S. The highest BCUT2D eigenvalue weighted by molar-refractivity contribution is 7.89. The minimum Gasteiger partial charge on any atom is -0.492 e. The van der Waals surface area contributed by atoms with Crippen molar-refractivity contribution in [1.29, 1.82) is 0 Å².